The van der Waals surface area contributed by atoms with Crippen molar-refractivity contribution >= 4 is 29.9 Å². The zero-order valence-electron chi connectivity index (χ0n) is 17.3. The minimum atomic E-state index is 0. The van der Waals surface area contributed by atoms with Crippen LogP contribution in [-0.2, 0) is 13.5 Å². The standard InChI is InChI=1S/C19H36N6.HI/c1-14(13-25-9-7-8-10-25)12-21-19(20-5)22-15(2)11-18-16(3)23-24(6)17(18)4;/h14-15H,7-13H2,1-6H3,(H2,20,21,22);1H. The Balaban J connectivity index is 0.00000338. The zero-order chi connectivity index (χ0) is 18.4. The van der Waals surface area contributed by atoms with Gasteiger partial charge in [-0.05, 0) is 64.6 Å². The molecule has 2 atom stereocenters. The van der Waals surface area contributed by atoms with E-state index < -0.39 is 0 Å². The molecule has 2 rings (SSSR count). The topological polar surface area (TPSA) is 57.5 Å². The fourth-order valence-electron chi connectivity index (χ4n) is 3.64. The lowest BCUT2D eigenvalue weighted by Gasteiger charge is -2.23. The Morgan fingerprint density at radius 1 is 1.23 bits per heavy atom. The molecular formula is C19H37IN6. The summed E-state index contributed by atoms with van der Waals surface area (Å²) in [6.07, 6.45) is 3.66. The van der Waals surface area contributed by atoms with Gasteiger partial charge in [0.2, 0.25) is 0 Å². The average molecular weight is 476 g/mol. The predicted molar refractivity (Wildman–Crippen MR) is 121 cm³/mol. The van der Waals surface area contributed by atoms with Gasteiger partial charge in [-0.25, -0.2) is 0 Å². The normalized spacial score (nSPS) is 17.7. The Morgan fingerprint density at radius 2 is 1.88 bits per heavy atom. The van der Waals surface area contributed by atoms with Gasteiger partial charge >= 0.3 is 0 Å². The molecule has 1 aliphatic rings. The molecule has 1 saturated heterocycles. The van der Waals surface area contributed by atoms with E-state index in [0.717, 1.165) is 24.6 Å². The van der Waals surface area contributed by atoms with Gasteiger partial charge in [-0.15, -0.1) is 24.0 Å². The van der Waals surface area contributed by atoms with Crippen LogP contribution in [-0.4, -0.2) is 59.9 Å². The van der Waals surface area contributed by atoms with Crippen molar-refractivity contribution in [2.45, 2.75) is 53.0 Å². The van der Waals surface area contributed by atoms with Crippen LogP contribution in [0.15, 0.2) is 4.99 Å². The van der Waals surface area contributed by atoms with Crippen LogP contribution >= 0.6 is 24.0 Å². The van der Waals surface area contributed by atoms with Crippen LogP contribution in [0.4, 0.5) is 0 Å². The summed E-state index contributed by atoms with van der Waals surface area (Å²) in [5.41, 5.74) is 3.70. The number of rotatable bonds is 7. The van der Waals surface area contributed by atoms with Crippen LogP contribution in [0.5, 0.6) is 0 Å². The van der Waals surface area contributed by atoms with E-state index in [1.165, 1.54) is 43.7 Å². The van der Waals surface area contributed by atoms with Crippen molar-refractivity contribution in [3.8, 4) is 0 Å². The number of aryl methyl sites for hydroxylation is 2. The van der Waals surface area contributed by atoms with Crippen LogP contribution in [0, 0.1) is 19.8 Å². The maximum absolute atomic E-state index is 4.51. The number of aliphatic imine (C=N–C) groups is 1. The summed E-state index contributed by atoms with van der Waals surface area (Å²) in [7, 11) is 3.85. The highest BCUT2D eigenvalue weighted by Gasteiger charge is 2.16. The van der Waals surface area contributed by atoms with Crippen LogP contribution in [0.1, 0.15) is 43.6 Å². The third-order valence-corrected chi connectivity index (χ3v) is 5.16. The van der Waals surface area contributed by atoms with E-state index in [-0.39, 0.29) is 24.0 Å². The Labute approximate surface area is 176 Å². The fourth-order valence-corrected chi connectivity index (χ4v) is 3.64. The van der Waals surface area contributed by atoms with Gasteiger partial charge in [0.25, 0.3) is 0 Å². The van der Waals surface area contributed by atoms with Gasteiger partial charge in [0.05, 0.1) is 5.69 Å². The molecule has 0 saturated carbocycles. The van der Waals surface area contributed by atoms with Crippen molar-refractivity contribution in [2.24, 2.45) is 18.0 Å². The first-order chi connectivity index (χ1) is 11.9. The molecule has 0 radical (unpaired) electrons. The monoisotopic (exact) mass is 476 g/mol. The molecule has 150 valence electrons. The Morgan fingerprint density at radius 3 is 2.42 bits per heavy atom. The maximum atomic E-state index is 4.51. The van der Waals surface area contributed by atoms with E-state index in [2.05, 4.69) is 53.3 Å². The van der Waals surface area contributed by atoms with Crippen molar-refractivity contribution in [2.75, 3.05) is 33.2 Å². The van der Waals surface area contributed by atoms with E-state index in [9.17, 15) is 0 Å². The quantitative estimate of drug-likeness (QED) is 0.361. The van der Waals surface area contributed by atoms with E-state index >= 15 is 0 Å². The van der Waals surface area contributed by atoms with Crippen molar-refractivity contribution in [3.63, 3.8) is 0 Å². The molecule has 2 unspecified atom stereocenters. The molecule has 6 nitrogen and oxygen atoms in total. The van der Waals surface area contributed by atoms with E-state index in [1.807, 2.05) is 18.8 Å². The van der Waals surface area contributed by atoms with E-state index in [1.54, 1.807) is 0 Å². The summed E-state index contributed by atoms with van der Waals surface area (Å²) in [5.74, 6) is 1.51. The first-order valence-corrected chi connectivity index (χ1v) is 9.59. The largest absolute Gasteiger partial charge is 0.356 e. The first-order valence-electron chi connectivity index (χ1n) is 9.59. The number of hydrogen-bond donors (Lipinski definition) is 2. The average Bonchev–Trinajstić information content (AvgIpc) is 3.15. The molecule has 0 bridgehead atoms. The Kier molecular flexibility index (Phi) is 9.92. The van der Waals surface area contributed by atoms with E-state index in [4.69, 9.17) is 0 Å². The molecule has 2 N–H and O–H groups in total. The number of guanidine groups is 1. The smallest absolute Gasteiger partial charge is 0.191 e. The van der Waals surface area contributed by atoms with Crippen LogP contribution in [0.3, 0.4) is 0 Å². The predicted octanol–water partition coefficient (Wildman–Crippen LogP) is 2.48. The number of likely N-dealkylation sites (tertiary alicyclic amines) is 1. The molecule has 0 spiro atoms. The molecule has 1 fully saturated rings. The molecule has 7 heteroatoms. The lowest BCUT2D eigenvalue weighted by molar-refractivity contribution is 0.287. The lowest BCUT2D eigenvalue weighted by Crippen LogP contribution is -2.45. The Bertz CT molecular complexity index is 577. The second kappa shape index (κ2) is 11.1. The van der Waals surface area contributed by atoms with Gasteiger partial charge in [0.1, 0.15) is 0 Å². The molecule has 26 heavy (non-hydrogen) atoms. The SMILES string of the molecule is CN=C(NCC(C)CN1CCCC1)NC(C)Cc1c(C)nn(C)c1C.I. The van der Waals surface area contributed by atoms with Gasteiger partial charge in [-0.2, -0.15) is 5.10 Å². The van der Waals surface area contributed by atoms with E-state index in [0.29, 0.717) is 12.0 Å². The van der Waals surface area contributed by atoms with Crippen LogP contribution in [0.2, 0.25) is 0 Å². The molecular weight excluding hydrogens is 439 g/mol. The molecule has 0 amide bonds. The molecule has 1 aliphatic heterocycles. The number of aromatic nitrogens is 2. The van der Waals surface area contributed by atoms with Gasteiger partial charge in [0, 0.05) is 38.9 Å². The molecule has 2 heterocycles. The summed E-state index contributed by atoms with van der Waals surface area (Å²) in [5, 5.41) is 11.5. The maximum Gasteiger partial charge on any atom is 0.191 e. The Hall–Kier alpha value is -0.830. The number of nitrogens with one attached hydrogen (secondary N) is 2. The van der Waals surface area contributed by atoms with Crippen molar-refractivity contribution in [1.29, 1.82) is 0 Å². The van der Waals surface area contributed by atoms with Gasteiger partial charge in [0.15, 0.2) is 5.96 Å². The summed E-state index contributed by atoms with van der Waals surface area (Å²) in [6, 6.07) is 0.307. The first kappa shape index (κ1) is 23.2. The lowest BCUT2D eigenvalue weighted by atomic mass is 10.1. The summed E-state index contributed by atoms with van der Waals surface area (Å²) in [4.78, 5) is 6.95. The van der Waals surface area contributed by atoms with Crippen molar-refractivity contribution < 1.29 is 0 Å². The summed E-state index contributed by atoms with van der Waals surface area (Å²) in [6.45, 7) is 13.4. The number of hydrogen-bond acceptors (Lipinski definition) is 3. The van der Waals surface area contributed by atoms with Crippen molar-refractivity contribution in [3.05, 3.63) is 17.0 Å². The van der Waals surface area contributed by atoms with Gasteiger partial charge in [-0.1, -0.05) is 6.92 Å². The summed E-state index contributed by atoms with van der Waals surface area (Å²) >= 11 is 0. The summed E-state index contributed by atoms with van der Waals surface area (Å²) < 4.78 is 1.96. The van der Waals surface area contributed by atoms with Crippen molar-refractivity contribution in [1.82, 2.24) is 25.3 Å². The minimum Gasteiger partial charge on any atom is -0.356 e. The fraction of sp³-hybridized carbons (Fsp3) is 0.789. The van der Waals surface area contributed by atoms with Gasteiger partial charge < -0.3 is 15.5 Å². The third kappa shape index (κ3) is 6.72. The highest BCUT2D eigenvalue weighted by molar-refractivity contribution is 14.0. The number of halogens is 1. The third-order valence-electron chi connectivity index (χ3n) is 5.16. The second-order valence-corrected chi connectivity index (χ2v) is 7.59. The number of nitrogens with zero attached hydrogens (tertiary/aromatic N) is 4. The van der Waals surface area contributed by atoms with Crippen LogP contribution < -0.4 is 10.6 Å². The minimum absolute atomic E-state index is 0. The van der Waals surface area contributed by atoms with Crippen LogP contribution in [0.25, 0.3) is 0 Å². The molecule has 0 aromatic carbocycles. The molecule has 1 aromatic rings. The molecule has 0 aliphatic carbocycles. The second-order valence-electron chi connectivity index (χ2n) is 7.59. The van der Waals surface area contributed by atoms with Gasteiger partial charge in [-0.3, -0.25) is 9.67 Å². The highest BCUT2D eigenvalue weighted by Crippen LogP contribution is 2.14. The zero-order valence-corrected chi connectivity index (χ0v) is 19.6. The molecule has 1 aromatic heterocycles. The highest BCUT2D eigenvalue weighted by atomic mass is 127.